The molecule has 0 aliphatic carbocycles. The number of halogens is 2. The van der Waals surface area contributed by atoms with Gasteiger partial charge >= 0.3 is 0 Å². The normalized spacial score (nSPS) is 17.3. The highest BCUT2D eigenvalue weighted by Gasteiger charge is 2.36. The van der Waals surface area contributed by atoms with E-state index in [9.17, 15) is 9.18 Å². The van der Waals surface area contributed by atoms with Gasteiger partial charge in [0.1, 0.15) is 5.82 Å². The summed E-state index contributed by atoms with van der Waals surface area (Å²) in [5.74, 6) is 0.0149. The van der Waals surface area contributed by atoms with E-state index in [1.165, 1.54) is 23.1 Å². The van der Waals surface area contributed by atoms with Crippen LogP contribution in [0.3, 0.4) is 0 Å². The van der Waals surface area contributed by atoms with Gasteiger partial charge in [-0.1, -0.05) is 47.1 Å². The Morgan fingerprint density at radius 1 is 1.20 bits per heavy atom. The Balaban J connectivity index is 1.59. The third-order valence-electron chi connectivity index (χ3n) is 4.15. The average Bonchev–Trinajstić information content (AvgIpc) is 3.25. The number of anilines is 1. The number of hydrogen-bond acceptors (Lipinski definition) is 4. The number of hydrogen-bond donors (Lipinski definition) is 0. The van der Waals surface area contributed by atoms with Crippen LogP contribution in [0, 0.1) is 5.82 Å². The molecule has 1 fully saturated rings. The summed E-state index contributed by atoms with van der Waals surface area (Å²) >= 11 is 6.11. The lowest BCUT2D eigenvalue weighted by molar-refractivity contribution is -0.117. The third kappa shape index (κ3) is 3.00. The number of carbonyl (C=O) groups is 1. The molecule has 2 aromatic carbocycles. The van der Waals surface area contributed by atoms with E-state index in [0.29, 0.717) is 29.0 Å². The second-order valence-electron chi connectivity index (χ2n) is 5.82. The molecule has 126 valence electrons. The maximum atomic E-state index is 13.5. The van der Waals surface area contributed by atoms with Gasteiger partial charge in [-0.2, -0.15) is 4.98 Å². The largest absolute Gasteiger partial charge is 0.339 e. The molecule has 3 aromatic rings. The molecule has 1 saturated heterocycles. The monoisotopic (exact) mass is 357 g/mol. The number of amides is 1. The highest BCUT2D eigenvalue weighted by Crippen LogP contribution is 2.35. The fraction of sp³-hybridized carbons (Fsp3) is 0.167. The van der Waals surface area contributed by atoms with Gasteiger partial charge in [0.25, 0.3) is 0 Å². The van der Waals surface area contributed by atoms with Crippen molar-refractivity contribution in [3.8, 4) is 11.4 Å². The molecule has 0 bridgehead atoms. The third-order valence-corrected chi connectivity index (χ3v) is 4.47. The molecule has 1 amide bonds. The van der Waals surface area contributed by atoms with E-state index in [1.54, 1.807) is 0 Å². The highest BCUT2D eigenvalue weighted by atomic mass is 35.5. The minimum absolute atomic E-state index is 0.156. The lowest BCUT2D eigenvalue weighted by Crippen LogP contribution is -2.24. The first kappa shape index (κ1) is 15.8. The van der Waals surface area contributed by atoms with E-state index in [-0.39, 0.29) is 18.2 Å². The molecule has 5 nitrogen and oxygen atoms in total. The van der Waals surface area contributed by atoms with Crippen LogP contribution in [0.25, 0.3) is 11.4 Å². The summed E-state index contributed by atoms with van der Waals surface area (Å²) in [5.41, 5.74) is 1.20. The van der Waals surface area contributed by atoms with Crippen molar-refractivity contribution in [2.45, 2.75) is 12.3 Å². The molecule has 1 atom stereocenters. The molecule has 0 spiro atoms. The SMILES string of the molecule is O=C1CC(c2nc(-c3ccccc3)no2)CN1c1cc(F)ccc1Cl. The van der Waals surface area contributed by atoms with Crippen LogP contribution >= 0.6 is 11.6 Å². The maximum absolute atomic E-state index is 13.5. The van der Waals surface area contributed by atoms with Gasteiger partial charge in [-0.05, 0) is 18.2 Å². The molecule has 1 aromatic heterocycles. The Bertz CT molecular complexity index is 929. The zero-order valence-corrected chi connectivity index (χ0v) is 13.8. The van der Waals surface area contributed by atoms with Gasteiger partial charge in [0, 0.05) is 18.5 Å². The Hall–Kier alpha value is -2.73. The molecule has 1 aliphatic heterocycles. The minimum atomic E-state index is -0.445. The summed E-state index contributed by atoms with van der Waals surface area (Å²) in [6.45, 7) is 0.318. The predicted molar refractivity (Wildman–Crippen MR) is 90.9 cm³/mol. The van der Waals surface area contributed by atoms with Gasteiger partial charge in [0.05, 0.1) is 16.6 Å². The van der Waals surface area contributed by atoms with Crippen molar-refractivity contribution in [2.24, 2.45) is 0 Å². The molecule has 7 heteroatoms. The van der Waals surface area contributed by atoms with Gasteiger partial charge < -0.3 is 9.42 Å². The van der Waals surface area contributed by atoms with Crippen LogP contribution in [0.5, 0.6) is 0 Å². The lowest BCUT2D eigenvalue weighted by atomic mass is 10.1. The van der Waals surface area contributed by atoms with Crippen LogP contribution in [0.15, 0.2) is 53.1 Å². The van der Waals surface area contributed by atoms with Crippen molar-refractivity contribution >= 4 is 23.2 Å². The minimum Gasteiger partial charge on any atom is -0.339 e. The van der Waals surface area contributed by atoms with Crippen LogP contribution in [-0.4, -0.2) is 22.6 Å². The van der Waals surface area contributed by atoms with Crippen molar-refractivity contribution in [3.63, 3.8) is 0 Å². The van der Waals surface area contributed by atoms with Crippen molar-refractivity contribution in [1.82, 2.24) is 10.1 Å². The Labute approximate surface area is 148 Å². The zero-order valence-electron chi connectivity index (χ0n) is 13.0. The highest BCUT2D eigenvalue weighted by molar-refractivity contribution is 6.33. The van der Waals surface area contributed by atoms with E-state index < -0.39 is 5.82 Å². The summed E-state index contributed by atoms with van der Waals surface area (Å²) in [7, 11) is 0. The molecule has 1 unspecified atom stereocenters. The van der Waals surface area contributed by atoms with E-state index >= 15 is 0 Å². The number of rotatable bonds is 3. The lowest BCUT2D eigenvalue weighted by Gasteiger charge is -2.17. The fourth-order valence-electron chi connectivity index (χ4n) is 2.90. The quantitative estimate of drug-likeness (QED) is 0.709. The number of aromatic nitrogens is 2. The molecule has 2 heterocycles. The first-order valence-corrected chi connectivity index (χ1v) is 8.14. The summed E-state index contributed by atoms with van der Waals surface area (Å²) in [6.07, 6.45) is 0.212. The van der Waals surface area contributed by atoms with Gasteiger partial charge in [-0.25, -0.2) is 4.39 Å². The summed E-state index contributed by atoms with van der Waals surface area (Å²) in [4.78, 5) is 18.2. The second-order valence-corrected chi connectivity index (χ2v) is 6.23. The van der Waals surface area contributed by atoms with E-state index in [0.717, 1.165) is 5.56 Å². The molecule has 0 N–H and O–H groups in total. The first-order valence-electron chi connectivity index (χ1n) is 7.76. The first-order chi connectivity index (χ1) is 12.1. The molecular formula is C18H13ClFN3O2. The summed E-state index contributed by atoms with van der Waals surface area (Å²) in [6, 6.07) is 13.4. The van der Waals surface area contributed by atoms with E-state index in [2.05, 4.69) is 10.1 Å². The Morgan fingerprint density at radius 3 is 2.80 bits per heavy atom. The van der Waals surface area contributed by atoms with Crippen LogP contribution in [0.2, 0.25) is 5.02 Å². The van der Waals surface area contributed by atoms with Gasteiger partial charge in [-0.3, -0.25) is 4.79 Å². The Morgan fingerprint density at radius 2 is 2.00 bits per heavy atom. The standard InChI is InChI=1S/C18H13ClFN3O2/c19-14-7-6-13(20)9-15(14)23-10-12(8-16(23)24)18-21-17(22-25-18)11-4-2-1-3-5-11/h1-7,9,12H,8,10H2. The van der Waals surface area contributed by atoms with Gasteiger partial charge in [0.2, 0.25) is 17.6 Å². The number of benzene rings is 2. The van der Waals surface area contributed by atoms with Crippen LogP contribution in [0.1, 0.15) is 18.2 Å². The second kappa shape index (κ2) is 6.29. The van der Waals surface area contributed by atoms with E-state index in [1.807, 2.05) is 30.3 Å². The number of carbonyl (C=O) groups excluding carboxylic acids is 1. The van der Waals surface area contributed by atoms with Crippen molar-refractivity contribution in [1.29, 1.82) is 0 Å². The van der Waals surface area contributed by atoms with Crippen molar-refractivity contribution in [2.75, 3.05) is 11.4 Å². The molecule has 0 radical (unpaired) electrons. The topological polar surface area (TPSA) is 59.2 Å². The smallest absolute Gasteiger partial charge is 0.232 e. The average molecular weight is 358 g/mol. The fourth-order valence-corrected chi connectivity index (χ4v) is 3.12. The van der Waals surface area contributed by atoms with Crippen LogP contribution < -0.4 is 4.90 Å². The Kier molecular flexibility index (Phi) is 3.97. The molecule has 25 heavy (non-hydrogen) atoms. The summed E-state index contributed by atoms with van der Waals surface area (Å²) in [5, 5.41) is 4.31. The maximum Gasteiger partial charge on any atom is 0.232 e. The van der Waals surface area contributed by atoms with E-state index in [4.69, 9.17) is 16.1 Å². The number of nitrogens with zero attached hydrogens (tertiary/aromatic N) is 3. The van der Waals surface area contributed by atoms with Gasteiger partial charge in [0.15, 0.2) is 0 Å². The predicted octanol–water partition coefficient (Wildman–Crippen LogP) is 4.05. The molecule has 0 saturated carbocycles. The van der Waals surface area contributed by atoms with Crippen molar-refractivity contribution < 1.29 is 13.7 Å². The van der Waals surface area contributed by atoms with Gasteiger partial charge in [-0.15, -0.1) is 0 Å². The van der Waals surface area contributed by atoms with Crippen LogP contribution in [0.4, 0.5) is 10.1 Å². The summed E-state index contributed by atoms with van der Waals surface area (Å²) < 4.78 is 18.8. The molecular weight excluding hydrogens is 345 g/mol. The molecule has 4 rings (SSSR count). The molecule has 1 aliphatic rings. The zero-order chi connectivity index (χ0) is 17.4. The van der Waals surface area contributed by atoms with Crippen molar-refractivity contribution in [3.05, 3.63) is 65.3 Å². The van der Waals surface area contributed by atoms with Crippen LogP contribution in [-0.2, 0) is 4.79 Å².